The second kappa shape index (κ2) is 19.0. The van der Waals surface area contributed by atoms with Crippen LogP contribution in [0.15, 0.2) is 74.9 Å². The van der Waals surface area contributed by atoms with Gasteiger partial charge in [-0.3, -0.25) is 4.99 Å². The Labute approximate surface area is 268 Å². The molecule has 0 fully saturated rings. The lowest BCUT2D eigenvalue weighted by Crippen LogP contribution is -2.27. The van der Waals surface area contributed by atoms with Gasteiger partial charge in [0.2, 0.25) is 0 Å². The lowest BCUT2D eigenvalue weighted by atomic mass is 9.90. The molecule has 2 aromatic carbocycles. The van der Waals surface area contributed by atoms with E-state index >= 15 is 0 Å². The van der Waals surface area contributed by atoms with E-state index in [0.29, 0.717) is 36.1 Å². The van der Waals surface area contributed by atoms with E-state index in [1.165, 1.54) is 31.2 Å². The molecule has 8 heteroatoms. The van der Waals surface area contributed by atoms with Crippen LogP contribution in [0.5, 0.6) is 0 Å². The van der Waals surface area contributed by atoms with Gasteiger partial charge < -0.3 is 0 Å². The summed E-state index contributed by atoms with van der Waals surface area (Å²) >= 11 is 8.79. The first-order valence-electron chi connectivity index (χ1n) is 14.7. The van der Waals surface area contributed by atoms with E-state index < -0.39 is 23.5 Å². The molecular weight excluding hydrogens is 641 g/mol. The number of rotatable bonds is 8. The van der Waals surface area contributed by atoms with Gasteiger partial charge in [-0.15, -0.1) is 0 Å². The number of unbranched alkanes of at least 4 members (excludes halogenated alkanes) is 1. The highest BCUT2D eigenvalue weighted by molar-refractivity contribution is 9.10. The zero-order valence-corrected chi connectivity index (χ0v) is 28.6. The maximum Gasteiger partial charge on any atom is 0.433 e. The number of allylic oxidation sites excluding steroid dienone is 5. The molecule has 1 heterocycles. The van der Waals surface area contributed by atoms with E-state index in [4.69, 9.17) is 12.2 Å². The van der Waals surface area contributed by atoms with Crippen LogP contribution >= 0.6 is 28.1 Å². The Kier molecular flexibility index (Phi) is 17.1. The van der Waals surface area contributed by atoms with Crippen LogP contribution in [0.3, 0.4) is 0 Å². The monoisotopic (exact) mass is 683 g/mol. The predicted molar refractivity (Wildman–Crippen MR) is 180 cm³/mol. The van der Waals surface area contributed by atoms with Crippen LogP contribution in [0.4, 0.5) is 22.0 Å². The quantitative estimate of drug-likeness (QED) is 0.199. The van der Waals surface area contributed by atoms with Crippen molar-refractivity contribution in [2.45, 2.75) is 99.6 Å². The molecule has 43 heavy (non-hydrogen) atoms. The molecule has 0 aromatic heterocycles. The lowest BCUT2D eigenvalue weighted by molar-refractivity contribution is -0.0579. The van der Waals surface area contributed by atoms with Gasteiger partial charge in [0.25, 0.3) is 0 Å². The Balaban J connectivity index is 0.000000542. The van der Waals surface area contributed by atoms with Gasteiger partial charge in [0.15, 0.2) is 5.71 Å². The van der Waals surface area contributed by atoms with Gasteiger partial charge in [-0.2, -0.15) is 13.2 Å². The third-order valence-electron chi connectivity index (χ3n) is 6.89. The van der Waals surface area contributed by atoms with Crippen molar-refractivity contribution < 1.29 is 22.0 Å². The highest BCUT2D eigenvalue weighted by atomic mass is 79.9. The van der Waals surface area contributed by atoms with Gasteiger partial charge in [-0.25, -0.2) is 8.78 Å². The van der Waals surface area contributed by atoms with Gasteiger partial charge in [0, 0.05) is 27.2 Å². The van der Waals surface area contributed by atoms with E-state index in [9.17, 15) is 22.0 Å². The van der Waals surface area contributed by atoms with Crippen molar-refractivity contribution in [3.8, 4) is 0 Å². The van der Waals surface area contributed by atoms with Crippen LogP contribution < -0.4 is 0 Å². The van der Waals surface area contributed by atoms with Crippen LogP contribution in [0.2, 0.25) is 0 Å². The van der Waals surface area contributed by atoms with Crippen molar-refractivity contribution in [1.82, 2.24) is 0 Å². The molecule has 1 nitrogen and oxygen atoms in total. The highest BCUT2D eigenvalue weighted by Gasteiger charge is 2.39. The fourth-order valence-corrected chi connectivity index (χ4v) is 4.98. The highest BCUT2D eigenvalue weighted by Crippen LogP contribution is 2.34. The summed E-state index contributed by atoms with van der Waals surface area (Å²) in [6.45, 7) is 14.1. The van der Waals surface area contributed by atoms with Crippen LogP contribution in [-0.4, -0.2) is 16.8 Å². The number of nitrogens with zero attached hydrogens (tertiary/aromatic N) is 1. The first-order chi connectivity index (χ1) is 20.2. The minimum atomic E-state index is -4.54. The summed E-state index contributed by atoms with van der Waals surface area (Å²) in [6, 6.07) is 9.70. The molecule has 0 radical (unpaired) electrons. The zero-order valence-electron chi connectivity index (χ0n) is 26.2. The first-order valence-corrected chi connectivity index (χ1v) is 15.9. The average Bonchev–Trinajstić information content (AvgIpc) is 3.20. The Bertz CT molecular complexity index is 1350. The third kappa shape index (κ3) is 12.2. The number of benzene rings is 2. The van der Waals surface area contributed by atoms with Crippen LogP contribution in [-0.2, 0) is 6.42 Å². The largest absolute Gasteiger partial charge is 0.433 e. The number of thiocarbonyl (C=S) groups is 1. The van der Waals surface area contributed by atoms with Crippen LogP contribution in [0.1, 0.15) is 96.8 Å². The van der Waals surface area contributed by atoms with Crippen molar-refractivity contribution >= 4 is 44.3 Å². The summed E-state index contributed by atoms with van der Waals surface area (Å²) in [7, 11) is 0. The van der Waals surface area contributed by atoms with Crippen LogP contribution in [0, 0.1) is 18.6 Å². The first kappa shape index (κ1) is 38.6. The van der Waals surface area contributed by atoms with Gasteiger partial charge in [0.1, 0.15) is 11.6 Å². The van der Waals surface area contributed by atoms with E-state index in [-0.39, 0.29) is 5.57 Å². The average molecular weight is 685 g/mol. The van der Waals surface area contributed by atoms with Gasteiger partial charge in [0.05, 0.1) is 0 Å². The van der Waals surface area contributed by atoms with Gasteiger partial charge in [-0.1, -0.05) is 100 Å². The third-order valence-corrected chi connectivity index (χ3v) is 7.80. The Hall–Kier alpha value is -2.45. The normalized spacial score (nSPS) is 13.7. The number of aryl methyl sites for hydroxylation is 2. The summed E-state index contributed by atoms with van der Waals surface area (Å²) in [5.41, 5.74) is 4.76. The number of halogens is 6. The molecule has 2 aromatic rings. The SMILES string of the molecule is CCCC.CCCC(=S)C1=CCC(/C(C)=C(/CC)c2cc(Br)ccc2C)=CN=C1C(F)(F)F.CCc1ccc(F)cc1F. The second-order valence-corrected chi connectivity index (χ2v) is 11.5. The summed E-state index contributed by atoms with van der Waals surface area (Å²) in [6.07, 6.45) is 3.92. The molecule has 0 amide bonds. The molecule has 0 bridgehead atoms. The summed E-state index contributed by atoms with van der Waals surface area (Å²) in [5, 5.41) is 0. The van der Waals surface area contributed by atoms with E-state index in [1.807, 2.05) is 39.8 Å². The summed E-state index contributed by atoms with van der Waals surface area (Å²) in [4.78, 5) is 4.18. The number of aliphatic imine (C=N–C) groups is 1. The van der Waals surface area contributed by atoms with E-state index in [1.54, 1.807) is 6.08 Å². The van der Waals surface area contributed by atoms with Gasteiger partial charge in [-0.05, 0) is 91.1 Å². The van der Waals surface area contributed by atoms with Crippen molar-refractivity contribution in [2.24, 2.45) is 4.99 Å². The Morgan fingerprint density at radius 3 is 2.12 bits per heavy atom. The smallest absolute Gasteiger partial charge is 0.251 e. The fraction of sp³-hybridized carbons (Fsp3) is 0.429. The van der Waals surface area contributed by atoms with Crippen molar-refractivity contribution in [3.63, 3.8) is 0 Å². The van der Waals surface area contributed by atoms with Crippen LogP contribution in [0.25, 0.3) is 5.57 Å². The Morgan fingerprint density at radius 2 is 1.60 bits per heavy atom. The molecule has 236 valence electrons. The van der Waals surface area contributed by atoms with Crippen molar-refractivity contribution in [2.75, 3.05) is 0 Å². The van der Waals surface area contributed by atoms with E-state index in [0.717, 1.165) is 44.8 Å². The standard InChI is InChI=1S/C23H25BrF3NS.C8H8F2.C4H10/c1-5-7-21(29)19-11-9-16(13-28-22(19)23(25,26)27)15(4)18(6-2)20-12-17(24)10-8-14(20)3;1-2-6-3-4-7(9)5-8(6)10;1-3-4-2/h8,10-13H,5-7,9H2,1-4H3;3-5H,2H2,1H3;3-4H2,1-2H3/b18-15-;;. The predicted octanol–water partition coefficient (Wildman–Crippen LogP) is 12.7. The molecule has 3 rings (SSSR count). The minimum absolute atomic E-state index is 0.0464. The van der Waals surface area contributed by atoms with Crippen molar-refractivity contribution in [1.29, 1.82) is 0 Å². The summed E-state index contributed by atoms with van der Waals surface area (Å²) < 4.78 is 66.7. The van der Waals surface area contributed by atoms with Crippen molar-refractivity contribution in [3.05, 3.63) is 98.2 Å². The second-order valence-electron chi connectivity index (χ2n) is 10.1. The zero-order chi connectivity index (χ0) is 32.7. The molecule has 0 saturated carbocycles. The molecule has 0 spiro atoms. The maximum atomic E-state index is 13.6. The molecule has 0 saturated heterocycles. The lowest BCUT2D eigenvalue weighted by Gasteiger charge is -2.15. The molecule has 1 aliphatic rings. The molecular formula is C35H43BrF5NS. The number of alkyl halides is 3. The van der Waals surface area contributed by atoms with Gasteiger partial charge >= 0.3 is 6.18 Å². The molecule has 0 aliphatic carbocycles. The topological polar surface area (TPSA) is 12.4 Å². The number of hydrogen-bond donors (Lipinski definition) is 0. The summed E-state index contributed by atoms with van der Waals surface area (Å²) in [5.74, 6) is -0.975. The molecule has 0 atom stereocenters. The minimum Gasteiger partial charge on any atom is -0.251 e. The molecule has 0 unspecified atom stereocenters. The maximum absolute atomic E-state index is 13.6. The fourth-order valence-electron chi connectivity index (χ4n) is 4.24. The van der Waals surface area contributed by atoms with E-state index in [2.05, 4.69) is 47.8 Å². The Morgan fingerprint density at radius 1 is 0.953 bits per heavy atom. The number of hydrogen-bond acceptors (Lipinski definition) is 2. The molecule has 0 N–H and O–H groups in total. The molecule has 1 aliphatic heterocycles.